The SMILES string of the molecule is CC(C)(C)OC(=O)Oc1cc(-c2ccc(-c3ccc4c(c3)OCO4)cc2)nn1-c1ccccn1. The van der Waals surface area contributed by atoms with Crippen LogP contribution >= 0.6 is 0 Å². The third-order valence-electron chi connectivity index (χ3n) is 5.01. The summed E-state index contributed by atoms with van der Waals surface area (Å²) in [4.78, 5) is 16.6. The zero-order chi connectivity index (χ0) is 23.7. The number of carbonyl (C=O) groups is 1. The minimum Gasteiger partial charge on any atom is -0.454 e. The maximum atomic E-state index is 12.3. The van der Waals surface area contributed by atoms with Gasteiger partial charge in [0.15, 0.2) is 17.3 Å². The molecule has 8 nitrogen and oxygen atoms in total. The first kappa shape index (κ1) is 21.5. The quantitative estimate of drug-likeness (QED) is 0.366. The molecule has 0 spiro atoms. The van der Waals surface area contributed by atoms with Gasteiger partial charge in [-0.2, -0.15) is 9.78 Å². The summed E-state index contributed by atoms with van der Waals surface area (Å²) >= 11 is 0. The van der Waals surface area contributed by atoms with Gasteiger partial charge in [-0.3, -0.25) is 0 Å². The molecular formula is C26H23N3O5. The second-order valence-electron chi connectivity index (χ2n) is 8.68. The number of fused-ring (bicyclic) bond motifs is 1. The summed E-state index contributed by atoms with van der Waals surface area (Å²) in [6, 6.07) is 20.9. The van der Waals surface area contributed by atoms with Crippen molar-refractivity contribution < 1.29 is 23.7 Å². The number of hydrogen-bond donors (Lipinski definition) is 0. The van der Waals surface area contributed by atoms with E-state index in [1.54, 1.807) is 45.2 Å². The van der Waals surface area contributed by atoms with Crippen LogP contribution in [0.15, 0.2) is 72.9 Å². The van der Waals surface area contributed by atoms with E-state index in [1.807, 2.05) is 48.5 Å². The van der Waals surface area contributed by atoms with Crippen molar-refractivity contribution in [2.45, 2.75) is 26.4 Å². The van der Waals surface area contributed by atoms with E-state index >= 15 is 0 Å². The van der Waals surface area contributed by atoms with Crippen molar-refractivity contribution in [3.63, 3.8) is 0 Å². The molecular weight excluding hydrogens is 434 g/mol. The zero-order valence-corrected chi connectivity index (χ0v) is 19.0. The number of aromatic nitrogens is 3. The molecule has 4 aromatic rings. The lowest BCUT2D eigenvalue weighted by molar-refractivity contribution is 0.0192. The number of ether oxygens (including phenoxy) is 4. The molecule has 1 aliphatic rings. The summed E-state index contributed by atoms with van der Waals surface area (Å²) in [6.07, 6.45) is 0.836. The molecule has 0 saturated carbocycles. The van der Waals surface area contributed by atoms with E-state index < -0.39 is 11.8 Å². The molecule has 0 bridgehead atoms. The maximum absolute atomic E-state index is 12.3. The average Bonchev–Trinajstić information content (AvgIpc) is 3.45. The lowest BCUT2D eigenvalue weighted by atomic mass is 10.0. The average molecular weight is 457 g/mol. The largest absolute Gasteiger partial charge is 0.515 e. The number of pyridine rings is 1. The highest BCUT2D eigenvalue weighted by Gasteiger charge is 2.22. The highest BCUT2D eigenvalue weighted by atomic mass is 16.7. The summed E-state index contributed by atoms with van der Waals surface area (Å²) in [5.74, 6) is 2.21. The van der Waals surface area contributed by atoms with Crippen molar-refractivity contribution in [3.05, 3.63) is 72.9 Å². The Labute approximate surface area is 196 Å². The first-order valence-electron chi connectivity index (χ1n) is 10.8. The maximum Gasteiger partial charge on any atom is 0.515 e. The third kappa shape index (κ3) is 4.56. The van der Waals surface area contributed by atoms with Crippen molar-refractivity contribution in [1.82, 2.24) is 14.8 Å². The Bertz CT molecular complexity index is 1330. The smallest absolute Gasteiger partial charge is 0.454 e. The lowest BCUT2D eigenvalue weighted by Gasteiger charge is -2.18. The van der Waals surface area contributed by atoms with Crippen molar-refractivity contribution in [2.75, 3.05) is 6.79 Å². The molecule has 0 radical (unpaired) electrons. The normalized spacial score (nSPS) is 12.4. The van der Waals surface area contributed by atoms with Gasteiger partial charge in [0.05, 0.1) is 5.69 Å². The number of benzene rings is 2. The van der Waals surface area contributed by atoms with E-state index in [0.29, 0.717) is 11.5 Å². The van der Waals surface area contributed by atoms with Gasteiger partial charge in [0.25, 0.3) is 0 Å². The van der Waals surface area contributed by atoms with Crippen molar-refractivity contribution in [1.29, 1.82) is 0 Å². The molecule has 0 N–H and O–H groups in total. The Morgan fingerprint density at radius 2 is 1.65 bits per heavy atom. The van der Waals surface area contributed by atoms with Crippen LogP contribution in [0.4, 0.5) is 4.79 Å². The summed E-state index contributed by atoms with van der Waals surface area (Å²) < 4.78 is 23.1. The van der Waals surface area contributed by atoms with Crippen molar-refractivity contribution >= 4 is 6.16 Å². The topological polar surface area (TPSA) is 84.7 Å². The second kappa shape index (κ2) is 8.55. The van der Waals surface area contributed by atoms with Crippen LogP contribution in [0.2, 0.25) is 0 Å². The number of rotatable bonds is 4. The van der Waals surface area contributed by atoms with E-state index in [1.165, 1.54) is 4.68 Å². The molecule has 0 atom stereocenters. The molecule has 0 unspecified atom stereocenters. The first-order valence-corrected chi connectivity index (χ1v) is 10.8. The molecule has 0 saturated heterocycles. The molecule has 8 heteroatoms. The van der Waals surface area contributed by atoms with Gasteiger partial charge in [-0.1, -0.05) is 36.4 Å². The summed E-state index contributed by atoms with van der Waals surface area (Å²) in [5.41, 5.74) is 2.84. The minimum atomic E-state index is -0.811. The molecule has 2 aromatic carbocycles. The summed E-state index contributed by atoms with van der Waals surface area (Å²) in [5, 5.41) is 4.63. The molecule has 0 amide bonds. The summed E-state index contributed by atoms with van der Waals surface area (Å²) in [7, 11) is 0. The van der Waals surface area contributed by atoms with Crippen molar-refractivity contribution in [3.8, 4) is 45.6 Å². The molecule has 3 heterocycles. The van der Waals surface area contributed by atoms with E-state index in [2.05, 4.69) is 10.1 Å². The van der Waals surface area contributed by atoms with Crippen molar-refractivity contribution in [2.24, 2.45) is 0 Å². The van der Waals surface area contributed by atoms with Crippen LogP contribution in [0.1, 0.15) is 20.8 Å². The Morgan fingerprint density at radius 1 is 0.912 bits per heavy atom. The highest BCUT2D eigenvalue weighted by molar-refractivity contribution is 5.72. The van der Waals surface area contributed by atoms with E-state index in [4.69, 9.17) is 18.9 Å². The van der Waals surface area contributed by atoms with Crippen LogP contribution in [0.25, 0.3) is 28.2 Å². The fourth-order valence-corrected chi connectivity index (χ4v) is 3.49. The lowest BCUT2D eigenvalue weighted by Crippen LogP contribution is -2.26. The molecule has 5 rings (SSSR count). The predicted molar refractivity (Wildman–Crippen MR) is 125 cm³/mol. The van der Waals surface area contributed by atoms with Gasteiger partial charge in [-0.25, -0.2) is 9.78 Å². The fraction of sp³-hybridized carbons (Fsp3) is 0.192. The van der Waals surface area contributed by atoms with Gasteiger partial charge in [0.1, 0.15) is 5.60 Å². The Morgan fingerprint density at radius 3 is 2.38 bits per heavy atom. The number of carbonyl (C=O) groups excluding carboxylic acids is 1. The van der Waals surface area contributed by atoms with Gasteiger partial charge in [-0.05, 0) is 56.2 Å². The third-order valence-corrected chi connectivity index (χ3v) is 5.01. The summed E-state index contributed by atoms with van der Waals surface area (Å²) in [6.45, 7) is 5.57. The Hall–Kier alpha value is -4.33. The van der Waals surface area contributed by atoms with E-state index in [0.717, 1.165) is 28.2 Å². The van der Waals surface area contributed by atoms with Gasteiger partial charge in [0, 0.05) is 17.8 Å². The van der Waals surface area contributed by atoms with E-state index in [-0.39, 0.29) is 12.7 Å². The van der Waals surface area contributed by atoms with Crippen LogP contribution in [-0.4, -0.2) is 33.3 Å². The van der Waals surface area contributed by atoms with Gasteiger partial charge >= 0.3 is 6.16 Å². The Kier molecular flexibility index (Phi) is 5.41. The van der Waals surface area contributed by atoms with Crippen LogP contribution in [0.5, 0.6) is 17.4 Å². The molecule has 0 aliphatic carbocycles. The molecule has 1 aliphatic heterocycles. The standard InChI is InChI=1S/C26H23N3O5/c1-26(2,3)34-25(30)33-24-15-20(28-29(24)23-6-4-5-13-27-23)18-9-7-17(8-10-18)19-11-12-21-22(14-19)32-16-31-21/h4-15H,16H2,1-3H3. The first-order chi connectivity index (χ1) is 16.4. The van der Waals surface area contributed by atoms with Gasteiger partial charge in [-0.15, -0.1) is 0 Å². The van der Waals surface area contributed by atoms with Crippen LogP contribution in [0, 0.1) is 0 Å². The highest BCUT2D eigenvalue weighted by Crippen LogP contribution is 2.36. The fourth-order valence-electron chi connectivity index (χ4n) is 3.49. The van der Waals surface area contributed by atoms with E-state index in [9.17, 15) is 4.79 Å². The zero-order valence-electron chi connectivity index (χ0n) is 19.0. The van der Waals surface area contributed by atoms with Crippen LogP contribution < -0.4 is 14.2 Å². The monoisotopic (exact) mass is 457 g/mol. The number of hydrogen-bond acceptors (Lipinski definition) is 7. The molecule has 0 fully saturated rings. The number of nitrogens with zero attached hydrogens (tertiary/aromatic N) is 3. The van der Waals surface area contributed by atoms with Gasteiger partial charge < -0.3 is 18.9 Å². The minimum absolute atomic E-state index is 0.211. The Balaban J connectivity index is 1.45. The predicted octanol–water partition coefficient (Wildman–Crippen LogP) is 5.64. The molecule has 34 heavy (non-hydrogen) atoms. The molecule has 2 aromatic heterocycles. The molecule has 172 valence electrons. The second-order valence-corrected chi connectivity index (χ2v) is 8.68. The van der Waals surface area contributed by atoms with Gasteiger partial charge in [0.2, 0.25) is 12.7 Å². The van der Waals surface area contributed by atoms with Crippen LogP contribution in [-0.2, 0) is 4.74 Å². The van der Waals surface area contributed by atoms with Crippen LogP contribution in [0.3, 0.4) is 0 Å².